The molecule has 3 aromatic rings. The molecule has 0 saturated heterocycles. The van der Waals surface area contributed by atoms with Crippen molar-refractivity contribution in [3.05, 3.63) is 102 Å². The van der Waals surface area contributed by atoms with Crippen LogP contribution in [0.1, 0.15) is 56.4 Å². The van der Waals surface area contributed by atoms with Crippen LogP contribution < -0.4 is 21.7 Å². The first-order valence-electron chi connectivity index (χ1n) is 13.8. The molecule has 0 spiro atoms. The Hall–Kier alpha value is -4.41. The van der Waals surface area contributed by atoms with Gasteiger partial charge in [0.15, 0.2) is 6.10 Å². The van der Waals surface area contributed by atoms with Crippen molar-refractivity contribution >= 4 is 17.9 Å². The molecule has 42 heavy (non-hydrogen) atoms. The molecule has 0 aliphatic heterocycles. The van der Waals surface area contributed by atoms with E-state index in [1.54, 1.807) is 24.3 Å². The SMILES string of the molecule is CC(C)(C)OC(=O)NC1CC(N=C(N)c2ccc(OCC(ON)C(=O)OC(c3ccccc3)c3ccccc3)cc2)C1. The average molecular weight is 575 g/mol. The van der Waals surface area contributed by atoms with Crippen molar-refractivity contribution in [3.8, 4) is 5.75 Å². The number of ether oxygens (including phenoxy) is 3. The molecule has 1 unspecified atom stereocenters. The van der Waals surface area contributed by atoms with Crippen molar-refractivity contribution in [1.29, 1.82) is 0 Å². The maximum atomic E-state index is 13.0. The number of benzene rings is 3. The van der Waals surface area contributed by atoms with Crippen LogP contribution >= 0.6 is 0 Å². The Bertz CT molecular complexity index is 1300. The number of carbonyl (C=O) groups excluding carboxylic acids is 2. The molecule has 0 bridgehead atoms. The van der Waals surface area contributed by atoms with E-state index < -0.39 is 29.9 Å². The molecule has 0 radical (unpaired) electrons. The molecule has 10 heteroatoms. The first-order valence-corrected chi connectivity index (χ1v) is 13.8. The fourth-order valence-electron chi connectivity index (χ4n) is 4.39. The molecule has 0 heterocycles. The Kier molecular flexibility index (Phi) is 10.2. The predicted octanol–water partition coefficient (Wildman–Crippen LogP) is 4.42. The van der Waals surface area contributed by atoms with Gasteiger partial charge >= 0.3 is 12.1 Å². The number of aliphatic imine (C=N–C) groups is 1. The van der Waals surface area contributed by atoms with Gasteiger partial charge in [0.2, 0.25) is 6.10 Å². The number of amides is 1. The van der Waals surface area contributed by atoms with Gasteiger partial charge in [-0.15, -0.1) is 0 Å². The Labute approximate surface area is 246 Å². The number of nitrogens with one attached hydrogen (secondary N) is 1. The highest BCUT2D eigenvalue weighted by Gasteiger charge is 2.32. The van der Waals surface area contributed by atoms with E-state index in [4.69, 9.17) is 30.7 Å². The average Bonchev–Trinajstić information content (AvgIpc) is 2.95. The molecule has 1 aliphatic rings. The van der Waals surface area contributed by atoms with Crippen LogP contribution in [0, 0.1) is 0 Å². The summed E-state index contributed by atoms with van der Waals surface area (Å²) in [5.41, 5.74) is 8.04. The van der Waals surface area contributed by atoms with Crippen LogP contribution in [-0.2, 0) is 19.1 Å². The third-order valence-corrected chi connectivity index (χ3v) is 6.57. The number of amidine groups is 1. The molecule has 5 N–H and O–H groups in total. The zero-order chi connectivity index (χ0) is 30.1. The number of esters is 1. The molecule has 1 fully saturated rings. The van der Waals surface area contributed by atoms with Crippen LogP contribution in [0.4, 0.5) is 4.79 Å². The number of hydrogen-bond acceptors (Lipinski definition) is 8. The monoisotopic (exact) mass is 574 g/mol. The van der Waals surface area contributed by atoms with Crippen molar-refractivity contribution < 1.29 is 28.6 Å². The summed E-state index contributed by atoms with van der Waals surface area (Å²) < 4.78 is 16.9. The summed E-state index contributed by atoms with van der Waals surface area (Å²) in [5, 5.41) is 2.85. The van der Waals surface area contributed by atoms with Gasteiger partial charge in [0, 0.05) is 11.6 Å². The van der Waals surface area contributed by atoms with Gasteiger partial charge in [0.1, 0.15) is 23.8 Å². The lowest BCUT2D eigenvalue weighted by molar-refractivity contribution is -0.163. The summed E-state index contributed by atoms with van der Waals surface area (Å²) >= 11 is 0. The highest BCUT2D eigenvalue weighted by atomic mass is 16.7. The first kappa shape index (κ1) is 30.5. The zero-order valence-electron chi connectivity index (χ0n) is 24.1. The van der Waals surface area contributed by atoms with E-state index in [1.165, 1.54) is 0 Å². The molecular formula is C32H38N4O6. The van der Waals surface area contributed by atoms with Crippen LogP contribution in [0.15, 0.2) is 89.9 Å². The minimum absolute atomic E-state index is 0.0113. The maximum Gasteiger partial charge on any atom is 0.407 e. The van der Waals surface area contributed by atoms with Gasteiger partial charge in [-0.3, -0.25) is 9.83 Å². The van der Waals surface area contributed by atoms with Crippen molar-refractivity contribution in [2.24, 2.45) is 16.6 Å². The van der Waals surface area contributed by atoms with E-state index in [2.05, 4.69) is 10.3 Å². The standard InChI is InChI=1S/C32H38N4O6/c1-32(2,3)41-31(38)36-25-18-24(19-25)35-29(33)23-14-16-26(17-15-23)39-20-27(42-34)30(37)40-28(21-10-6-4-7-11-21)22-12-8-5-9-13-22/h4-17,24-25,27-28H,18-20,34H2,1-3H3,(H2,33,35)(H,36,38). The van der Waals surface area contributed by atoms with Crippen molar-refractivity contribution in [2.45, 2.75) is 63.5 Å². The minimum Gasteiger partial charge on any atom is -0.490 e. The van der Waals surface area contributed by atoms with Crippen molar-refractivity contribution in [2.75, 3.05) is 6.61 Å². The summed E-state index contributed by atoms with van der Waals surface area (Å²) in [6, 6.07) is 25.9. The van der Waals surface area contributed by atoms with Gasteiger partial charge < -0.3 is 25.3 Å². The first-order chi connectivity index (χ1) is 20.1. The Morgan fingerprint density at radius 1 is 0.929 bits per heavy atom. The lowest BCUT2D eigenvalue weighted by atomic mass is 9.87. The second-order valence-electron chi connectivity index (χ2n) is 11.1. The van der Waals surface area contributed by atoms with E-state index >= 15 is 0 Å². The molecule has 1 aliphatic carbocycles. The molecule has 1 amide bonds. The molecule has 4 rings (SSSR count). The summed E-state index contributed by atoms with van der Waals surface area (Å²) in [6.45, 7) is 5.32. The fourth-order valence-corrected chi connectivity index (χ4v) is 4.39. The van der Waals surface area contributed by atoms with Crippen LogP contribution in [0.3, 0.4) is 0 Å². The fraction of sp³-hybridized carbons (Fsp3) is 0.344. The Balaban J connectivity index is 1.28. The summed E-state index contributed by atoms with van der Waals surface area (Å²) in [7, 11) is 0. The van der Waals surface area contributed by atoms with Gasteiger partial charge in [0.05, 0.1) is 6.04 Å². The summed E-state index contributed by atoms with van der Waals surface area (Å²) in [5.74, 6) is 5.68. The number of carbonyl (C=O) groups is 2. The molecule has 10 nitrogen and oxygen atoms in total. The van der Waals surface area contributed by atoms with Crippen LogP contribution in [-0.4, -0.2) is 48.3 Å². The lowest BCUT2D eigenvalue weighted by Gasteiger charge is -2.34. The van der Waals surface area contributed by atoms with Gasteiger partial charge in [-0.05, 0) is 69.0 Å². The molecule has 1 saturated carbocycles. The zero-order valence-corrected chi connectivity index (χ0v) is 24.1. The number of nitrogens with two attached hydrogens (primary N) is 2. The highest BCUT2D eigenvalue weighted by molar-refractivity contribution is 5.97. The highest BCUT2D eigenvalue weighted by Crippen LogP contribution is 2.27. The molecule has 0 aromatic heterocycles. The van der Waals surface area contributed by atoms with Gasteiger partial charge in [0.25, 0.3) is 0 Å². The van der Waals surface area contributed by atoms with E-state index in [-0.39, 0.29) is 18.7 Å². The van der Waals surface area contributed by atoms with E-state index in [9.17, 15) is 9.59 Å². The Morgan fingerprint density at radius 2 is 1.50 bits per heavy atom. The van der Waals surface area contributed by atoms with Crippen molar-refractivity contribution in [3.63, 3.8) is 0 Å². The van der Waals surface area contributed by atoms with Crippen LogP contribution in [0.25, 0.3) is 0 Å². The molecule has 3 aromatic carbocycles. The Morgan fingerprint density at radius 3 is 2.02 bits per heavy atom. The maximum absolute atomic E-state index is 13.0. The van der Waals surface area contributed by atoms with Gasteiger partial charge in [-0.1, -0.05) is 60.7 Å². The summed E-state index contributed by atoms with van der Waals surface area (Å²) in [6.07, 6.45) is -0.827. The van der Waals surface area contributed by atoms with E-state index in [0.29, 0.717) is 24.4 Å². The lowest BCUT2D eigenvalue weighted by Crippen LogP contribution is -2.48. The molecule has 1 atom stereocenters. The second-order valence-corrected chi connectivity index (χ2v) is 11.1. The van der Waals surface area contributed by atoms with Crippen LogP contribution in [0.5, 0.6) is 5.75 Å². The number of alkyl carbamates (subject to hydrolysis) is 1. The number of hydrogen-bond donors (Lipinski definition) is 3. The minimum atomic E-state index is -1.15. The predicted molar refractivity (Wildman–Crippen MR) is 159 cm³/mol. The van der Waals surface area contributed by atoms with Crippen molar-refractivity contribution in [1.82, 2.24) is 5.32 Å². The molecular weight excluding hydrogens is 536 g/mol. The third-order valence-electron chi connectivity index (χ3n) is 6.57. The number of nitrogens with zero attached hydrogens (tertiary/aromatic N) is 1. The van der Waals surface area contributed by atoms with E-state index in [0.717, 1.165) is 16.7 Å². The normalized spacial score (nSPS) is 17.6. The second kappa shape index (κ2) is 14.0. The quantitative estimate of drug-likeness (QED) is 0.132. The molecule has 222 valence electrons. The van der Waals surface area contributed by atoms with Gasteiger partial charge in [-0.25, -0.2) is 15.5 Å². The van der Waals surface area contributed by atoms with Crippen LogP contribution in [0.2, 0.25) is 0 Å². The smallest absolute Gasteiger partial charge is 0.407 e. The van der Waals surface area contributed by atoms with E-state index in [1.807, 2.05) is 81.4 Å². The largest absolute Gasteiger partial charge is 0.490 e. The van der Waals surface area contributed by atoms with Gasteiger partial charge in [-0.2, -0.15) is 0 Å². The third kappa shape index (κ3) is 8.79. The number of rotatable bonds is 11. The topological polar surface area (TPSA) is 147 Å². The summed E-state index contributed by atoms with van der Waals surface area (Å²) in [4.78, 5) is 34.4.